The smallest absolute Gasteiger partial charge is 0.269 e. The van der Waals surface area contributed by atoms with Gasteiger partial charge in [0.25, 0.3) is 21.8 Å². The summed E-state index contributed by atoms with van der Waals surface area (Å²) in [5, 5.41) is 0. The van der Waals surface area contributed by atoms with E-state index in [1.807, 2.05) is 13.8 Å². The van der Waals surface area contributed by atoms with Crippen molar-refractivity contribution in [2.45, 2.75) is 51.1 Å². The topological polar surface area (TPSA) is 101 Å². The van der Waals surface area contributed by atoms with E-state index >= 15 is 0 Å². The third-order valence-electron chi connectivity index (χ3n) is 4.67. The van der Waals surface area contributed by atoms with Crippen LogP contribution in [0.1, 0.15) is 54.8 Å². The summed E-state index contributed by atoms with van der Waals surface area (Å²) in [7, 11) is -2.27. The monoisotopic (exact) mass is 417 g/mol. The number of nitrogens with two attached hydrogens (primary N) is 1. The summed E-state index contributed by atoms with van der Waals surface area (Å²) in [6.07, 6.45) is 0.656. The average molecular weight is 418 g/mol. The van der Waals surface area contributed by atoms with Crippen molar-refractivity contribution in [2.24, 2.45) is 11.7 Å². The number of halogens is 1. The molecule has 2 N–H and O–H groups in total. The van der Waals surface area contributed by atoms with Gasteiger partial charge in [-0.25, -0.2) is 12.7 Å². The van der Waals surface area contributed by atoms with Gasteiger partial charge in [0.15, 0.2) is 0 Å². The van der Waals surface area contributed by atoms with E-state index in [0.717, 1.165) is 4.31 Å². The molecule has 0 aromatic heterocycles. The van der Waals surface area contributed by atoms with Gasteiger partial charge in [0.1, 0.15) is 4.90 Å². The van der Waals surface area contributed by atoms with Gasteiger partial charge < -0.3 is 10.6 Å². The standard InChI is InChI=1S/C18H27N3O4S.ClH/c1-11(2)15(19)8-9-20(5)17(22)13-6-7-14-16(10-13)26(24,25)21(12(3)4)18(14)23;/h6-7,10-12,15H,8-9,19H2,1-5H3;1H. The van der Waals surface area contributed by atoms with E-state index in [9.17, 15) is 18.0 Å². The van der Waals surface area contributed by atoms with Crippen LogP contribution >= 0.6 is 12.4 Å². The molecule has 0 fully saturated rings. The minimum absolute atomic E-state index is 0. The SMILES string of the molecule is CC(C)C(N)CCN(C)C(=O)c1ccc2c(c1)S(=O)(=O)N(C(C)C)C2=O.Cl. The van der Waals surface area contributed by atoms with E-state index in [1.54, 1.807) is 20.9 Å². The maximum atomic E-state index is 12.6. The zero-order valence-electron chi connectivity index (χ0n) is 16.3. The van der Waals surface area contributed by atoms with E-state index in [4.69, 9.17) is 5.73 Å². The Kier molecular flexibility index (Phi) is 7.44. The number of rotatable bonds is 6. The molecule has 1 atom stereocenters. The number of hydrogen-bond donors (Lipinski definition) is 1. The van der Waals surface area contributed by atoms with Crippen molar-refractivity contribution >= 4 is 34.2 Å². The minimum atomic E-state index is -3.92. The van der Waals surface area contributed by atoms with Crippen LogP contribution in [0.3, 0.4) is 0 Å². The molecule has 1 aromatic carbocycles. The fraction of sp³-hybridized carbons (Fsp3) is 0.556. The zero-order valence-corrected chi connectivity index (χ0v) is 17.9. The van der Waals surface area contributed by atoms with Gasteiger partial charge >= 0.3 is 0 Å². The number of nitrogens with zero attached hydrogens (tertiary/aromatic N) is 2. The first-order valence-electron chi connectivity index (χ1n) is 8.72. The molecule has 1 aromatic rings. The van der Waals surface area contributed by atoms with Crippen LogP contribution in [0.4, 0.5) is 0 Å². The molecule has 1 aliphatic rings. The summed E-state index contributed by atoms with van der Waals surface area (Å²) in [6, 6.07) is 3.71. The molecular formula is C18H28ClN3O4S. The summed E-state index contributed by atoms with van der Waals surface area (Å²) < 4.78 is 26.1. The largest absolute Gasteiger partial charge is 0.342 e. The van der Waals surface area contributed by atoms with Crippen LogP contribution in [0.5, 0.6) is 0 Å². The second-order valence-electron chi connectivity index (χ2n) is 7.33. The second-order valence-corrected chi connectivity index (χ2v) is 9.12. The highest BCUT2D eigenvalue weighted by molar-refractivity contribution is 7.90. The van der Waals surface area contributed by atoms with E-state index in [1.165, 1.54) is 23.1 Å². The van der Waals surface area contributed by atoms with E-state index in [0.29, 0.717) is 18.9 Å². The first kappa shape index (κ1) is 23.4. The number of fused-ring (bicyclic) bond motifs is 1. The molecular weight excluding hydrogens is 390 g/mol. The van der Waals surface area contributed by atoms with Crippen LogP contribution in [0, 0.1) is 5.92 Å². The molecule has 152 valence electrons. The Morgan fingerprint density at radius 1 is 1.22 bits per heavy atom. The van der Waals surface area contributed by atoms with Gasteiger partial charge in [0, 0.05) is 31.2 Å². The van der Waals surface area contributed by atoms with Crippen LogP contribution in [-0.2, 0) is 10.0 Å². The van der Waals surface area contributed by atoms with Crippen molar-refractivity contribution in [3.63, 3.8) is 0 Å². The maximum Gasteiger partial charge on any atom is 0.269 e. The third-order valence-corrected chi connectivity index (χ3v) is 6.66. The van der Waals surface area contributed by atoms with Crippen LogP contribution in [-0.4, -0.2) is 55.1 Å². The quantitative estimate of drug-likeness (QED) is 0.763. The lowest BCUT2D eigenvalue weighted by Crippen LogP contribution is -2.36. The summed E-state index contributed by atoms with van der Waals surface area (Å²) in [5.74, 6) is -0.531. The number of sulfonamides is 1. The molecule has 0 bridgehead atoms. The lowest BCUT2D eigenvalue weighted by Gasteiger charge is -2.21. The molecule has 1 aliphatic heterocycles. The molecule has 9 heteroatoms. The Bertz CT molecular complexity index is 824. The van der Waals surface area contributed by atoms with E-state index in [-0.39, 0.29) is 40.4 Å². The number of carbonyl (C=O) groups is 2. The van der Waals surface area contributed by atoms with Crippen molar-refractivity contribution in [3.8, 4) is 0 Å². The Balaban J connectivity index is 0.00000364. The van der Waals surface area contributed by atoms with E-state index in [2.05, 4.69) is 0 Å². The number of amides is 2. The number of carbonyl (C=O) groups excluding carboxylic acids is 2. The summed E-state index contributed by atoms with van der Waals surface area (Å²) in [4.78, 5) is 26.4. The molecule has 27 heavy (non-hydrogen) atoms. The fourth-order valence-electron chi connectivity index (χ4n) is 2.89. The predicted molar refractivity (Wildman–Crippen MR) is 107 cm³/mol. The minimum Gasteiger partial charge on any atom is -0.342 e. The normalized spacial score (nSPS) is 16.3. The summed E-state index contributed by atoms with van der Waals surface area (Å²) in [5.41, 5.74) is 6.36. The highest BCUT2D eigenvalue weighted by Crippen LogP contribution is 2.32. The number of benzene rings is 1. The van der Waals surface area contributed by atoms with Crippen LogP contribution < -0.4 is 5.73 Å². The highest BCUT2D eigenvalue weighted by Gasteiger charge is 2.43. The van der Waals surface area contributed by atoms with Crippen LogP contribution in [0.2, 0.25) is 0 Å². The molecule has 0 saturated carbocycles. The zero-order chi connectivity index (χ0) is 19.8. The summed E-state index contributed by atoms with van der Waals surface area (Å²) in [6.45, 7) is 7.79. The van der Waals surface area contributed by atoms with Crippen molar-refractivity contribution < 1.29 is 18.0 Å². The first-order valence-corrected chi connectivity index (χ1v) is 10.2. The van der Waals surface area contributed by atoms with Gasteiger partial charge in [-0.3, -0.25) is 9.59 Å². The molecule has 2 amide bonds. The van der Waals surface area contributed by atoms with Gasteiger partial charge in [0.05, 0.1) is 5.56 Å². The Hall–Kier alpha value is -1.64. The summed E-state index contributed by atoms with van der Waals surface area (Å²) >= 11 is 0. The molecule has 7 nitrogen and oxygen atoms in total. The second kappa shape index (κ2) is 8.58. The van der Waals surface area contributed by atoms with Gasteiger partial charge in [-0.15, -0.1) is 12.4 Å². The van der Waals surface area contributed by atoms with E-state index < -0.39 is 22.0 Å². The van der Waals surface area contributed by atoms with Crippen LogP contribution in [0.25, 0.3) is 0 Å². The molecule has 1 unspecified atom stereocenters. The van der Waals surface area contributed by atoms with Gasteiger partial charge in [-0.2, -0.15) is 0 Å². The average Bonchev–Trinajstić information content (AvgIpc) is 2.77. The van der Waals surface area contributed by atoms with Crippen molar-refractivity contribution in [1.82, 2.24) is 9.21 Å². The molecule has 0 spiro atoms. The van der Waals surface area contributed by atoms with Crippen LogP contribution in [0.15, 0.2) is 23.1 Å². The molecule has 0 saturated heterocycles. The van der Waals surface area contributed by atoms with Gasteiger partial charge in [-0.05, 0) is 44.4 Å². The van der Waals surface area contributed by atoms with Crippen molar-refractivity contribution in [2.75, 3.05) is 13.6 Å². The number of hydrogen-bond acceptors (Lipinski definition) is 5. The predicted octanol–water partition coefficient (Wildman–Crippen LogP) is 2.11. The highest BCUT2D eigenvalue weighted by atomic mass is 35.5. The molecule has 2 rings (SSSR count). The Labute approximate surface area is 167 Å². The van der Waals surface area contributed by atoms with Crippen molar-refractivity contribution in [3.05, 3.63) is 29.3 Å². The van der Waals surface area contributed by atoms with Gasteiger partial charge in [0.2, 0.25) is 0 Å². The van der Waals surface area contributed by atoms with Gasteiger partial charge in [-0.1, -0.05) is 13.8 Å². The lowest BCUT2D eigenvalue weighted by atomic mass is 10.0. The molecule has 0 radical (unpaired) electrons. The lowest BCUT2D eigenvalue weighted by molar-refractivity contribution is 0.0786. The fourth-order valence-corrected chi connectivity index (χ4v) is 4.68. The third kappa shape index (κ3) is 4.44. The maximum absolute atomic E-state index is 12.6. The Morgan fingerprint density at radius 3 is 2.33 bits per heavy atom. The molecule has 0 aliphatic carbocycles. The van der Waals surface area contributed by atoms with Crippen molar-refractivity contribution in [1.29, 1.82) is 0 Å². The molecule has 1 heterocycles. The first-order chi connectivity index (χ1) is 12.0. The Morgan fingerprint density at radius 2 is 1.81 bits per heavy atom.